The Hall–Kier alpha value is -8.06. The average molecular weight is 1640 g/mol. The molecule has 25 atom stereocenters. The molecule has 9 aromatic carbocycles. The number of rotatable bonds is 40. The number of aliphatic hydroxyl groups is 8. The lowest BCUT2D eigenvalue weighted by Gasteiger charge is -2.51. The average Bonchev–Trinajstić information content (AvgIpc) is 0.766. The molecule has 0 aromatic heterocycles. The Morgan fingerprint density at radius 2 is 0.437 bits per heavy atom. The van der Waals surface area contributed by atoms with Crippen LogP contribution in [0.2, 0.25) is 0 Å². The molecule has 119 heavy (non-hydrogen) atoms. The summed E-state index contributed by atoms with van der Waals surface area (Å²) in [5, 5.41) is 99.6. The van der Waals surface area contributed by atoms with Gasteiger partial charge in [-0.1, -0.05) is 273 Å². The first-order chi connectivity index (χ1) is 58.4. The van der Waals surface area contributed by atoms with Crippen LogP contribution in [0.1, 0.15) is 50.1 Å². The van der Waals surface area contributed by atoms with E-state index in [-0.39, 0.29) is 79.3 Å². The van der Waals surface area contributed by atoms with Crippen molar-refractivity contribution in [3.63, 3.8) is 0 Å². The first-order valence-electron chi connectivity index (χ1n) is 40.4. The van der Waals surface area contributed by atoms with Crippen LogP contribution in [0.5, 0.6) is 0 Å². The molecule has 0 radical (unpaired) electrons. The van der Waals surface area contributed by atoms with Crippen molar-refractivity contribution in [3.8, 4) is 0 Å². The Morgan fingerprint density at radius 3 is 0.756 bits per heavy atom. The SMILES string of the molecule is OC[C@H]1O[C@@H](O)[C@H](O)[C@@H](O[C@@H]2O[C@H](CO[C@@H]3O[C@H](COCc4ccccc4)[C@@H](OCc4ccccc4)[C@H](OCc4ccccc4)[C@H]3O)[C@@H](OCc3ccccc3)[C@H](O[C@@H]3O[C@H](COCc4ccccc4)[C@@H](OCc4ccccc4)[C@H](O[C@@H]4O[C@H](COCc5ccccc5)[C@@H](OCc5ccccc5)[C@H](O)[C@H]4O)[C@H]3O)[C@H]2O)[C@@H]1OCc1ccccc1. The second-order valence-electron chi connectivity index (χ2n) is 30.1. The van der Waals surface area contributed by atoms with Crippen molar-refractivity contribution >= 4 is 0 Å². The van der Waals surface area contributed by atoms with E-state index >= 15 is 0 Å². The molecular weight excluding hydrogens is 1530 g/mol. The Bertz CT molecular complexity index is 4300. The van der Waals surface area contributed by atoms with Crippen molar-refractivity contribution in [3.05, 3.63) is 323 Å². The van der Waals surface area contributed by atoms with Crippen LogP contribution in [0.25, 0.3) is 0 Å². The molecule has 9 aromatic rings. The van der Waals surface area contributed by atoms with Crippen LogP contribution in [-0.4, -0.2) is 227 Å². The summed E-state index contributed by atoms with van der Waals surface area (Å²) in [5.41, 5.74) is 7.00. The zero-order chi connectivity index (χ0) is 82.1. The van der Waals surface area contributed by atoms with Crippen LogP contribution < -0.4 is 0 Å². The third-order valence-electron chi connectivity index (χ3n) is 21.5. The monoisotopic (exact) mass is 1640 g/mol. The van der Waals surface area contributed by atoms with Gasteiger partial charge in [-0.15, -0.1) is 0 Å². The van der Waals surface area contributed by atoms with Crippen molar-refractivity contribution in [2.75, 3.05) is 33.0 Å². The fraction of sp³-hybridized carbons (Fsp3) is 0.419. The zero-order valence-corrected chi connectivity index (χ0v) is 65.7. The van der Waals surface area contributed by atoms with Gasteiger partial charge < -0.3 is 126 Å². The molecule has 5 aliphatic heterocycles. The van der Waals surface area contributed by atoms with Crippen LogP contribution >= 0.6 is 0 Å². The van der Waals surface area contributed by atoms with E-state index in [4.69, 9.17) is 85.3 Å². The highest BCUT2D eigenvalue weighted by Gasteiger charge is 2.58. The van der Waals surface area contributed by atoms with Gasteiger partial charge in [0, 0.05) is 0 Å². The normalized spacial score (nSPS) is 31.0. The van der Waals surface area contributed by atoms with Gasteiger partial charge >= 0.3 is 0 Å². The van der Waals surface area contributed by atoms with E-state index in [1.807, 2.05) is 249 Å². The largest absolute Gasteiger partial charge is 0.394 e. The quantitative estimate of drug-likeness (QED) is 0.0180. The Morgan fingerprint density at radius 1 is 0.202 bits per heavy atom. The molecule has 5 heterocycles. The fourth-order valence-electron chi connectivity index (χ4n) is 15.2. The van der Waals surface area contributed by atoms with Crippen LogP contribution in [-0.2, 0) is 145 Å². The first-order valence-corrected chi connectivity index (χ1v) is 40.4. The maximum atomic E-state index is 13.6. The molecule has 634 valence electrons. The van der Waals surface area contributed by atoms with Gasteiger partial charge in [0.05, 0.1) is 92.5 Å². The van der Waals surface area contributed by atoms with Gasteiger partial charge in [0.2, 0.25) is 0 Å². The van der Waals surface area contributed by atoms with Crippen LogP contribution in [0.4, 0.5) is 0 Å². The number of ether oxygens (including phenoxy) is 18. The lowest BCUT2D eigenvalue weighted by atomic mass is 9.95. The molecule has 0 unspecified atom stereocenters. The highest BCUT2D eigenvalue weighted by atomic mass is 16.8. The van der Waals surface area contributed by atoms with E-state index in [1.54, 1.807) is 24.3 Å². The summed E-state index contributed by atoms with van der Waals surface area (Å²) in [6.45, 7) is -1.69. The van der Waals surface area contributed by atoms with Gasteiger partial charge in [0.15, 0.2) is 31.5 Å². The van der Waals surface area contributed by atoms with Gasteiger partial charge in [0.1, 0.15) is 122 Å². The predicted octanol–water partition coefficient (Wildman–Crippen LogP) is 8.10. The maximum Gasteiger partial charge on any atom is 0.187 e. The smallest absolute Gasteiger partial charge is 0.187 e. The first kappa shape index (κ1) is 87.3. The van der Waals surface area contributed by atoms with Crippen molar-refractivity contribution < 1.29 is 126 Å². The van der Waals surface area contributed by atoms with Gasteiger partial charge in [-0.25, -0.2) is 0 Å². The van der Waals surface area contributed by atoms with Gasteiger partial charge in [-0.2, -0.15) is 0 Å². The lowest BCUT2D eigenvalue weighted by molar-refractivity contribution is -0.398. The van der Waals surface area contributed by atoms with Crippen molar-refractivity contribution in [2.45, 2.75) is 213 Å². The molecule has 0 amide bonds. The lowest BCUT2D eigenvalue weighted by Crippen LogP contribution is -2.68. The molecule has 0 spiro atoms. The fourth-order valence-corrected chi connectivity index (χ4v) is 15.2. The van der Waals surface area contributed by atoms with E-state index in [9.17, 15) is 40.9 Å². The maximum absolute atomic E-state index is 13.6. The van der Waals surface area contributed by atoms with Gasteiger partial charge in [-0.05, 0) is 50.1 Å². The standard InChI is InChI=1S/C93H106O26/c94-46-69-81(106-51-64-36-18-5-19-37-64)86(76(97)89(101)112-69)117-93-79(100)88(84(109-54-67-42-24-8-25-43-67)73(116-93)59-111-90-77(98)85(110-55-68-44-26-9-27-45-68)82(107-52-65-38-20-6-21-39-65)71(113-90)57-103-48-61-30-12-2-13-31-61)119-92-78(99)87(83(108-53-66-40-22-7-23-41-66)72(115-92)58-104-49-62-32-14-3-15-33-62)118-91-75(96)74(95)80(105-50-63-34-16-4-17-35-63)70(114-91)56-102-47-60-28-10-1-11-29-60/h1-45,69-101H,46-59H2/t69-,70-,71-,72-,73-,74-,75-,76-,77-,78-,79-,80-,81-,82-,83-,84-,85-,86-,87-,88-,89-,90-,91+,92+,93+/m1/s1. The third kappa shape index (κ3) is 24.0. The summed E-state index contributed by atoms with van der Waals surface area (Å²) in [6.07, 6.45) is -39.3. The highest BCUT2D eigenvalue weighted by molar-refractivity contribution is 5.21. The summed E-state index contributed by atoms with van der Waals surface area (Å²) < 4.78 is 121. The summed E-state index contributed by atoms with van der Waals surface area (Å²) in [6, 6.07) is 84.0. The molecule has 0 bridgehead atoms. The van der Waals surface area contributed by atoms with Gasteiger partial charge in [0.25, 0.3) is 0 Å². The molecule has 26 heteroatoms. The Balaban J connectivity index is 0.833. The molecule has 0 saturated carbocycles. The van der Waals surface area contributed by atoms with Crippen LogP contribution in [0, 0.1) is 0 Å². The zero-order valence-electron chi connectivity index (χ0n) is 65.7. The molecule has 5 aliphatic rings. The second kappa shape index (κ2) is 44.7. The molecule has 8 N–H and O–H groups in total. The predicted molar refractivity (Wildman–Crippen MR) is 428 cm³/mol. The highest BCUT2D eigenvalue weighted by Crippen LogP contribution is 2.40. The minimum absolute atomic E-state index is 0.0192. The summed E-state index contributed by atoms with van der Waals surface area (Å²) >= 11 is 0. The van der Waals surface area contributed by atoms with E-state index in [2.05, 4.69) is 0 Å². The number of hydrogen-bond donors (Lipinski definition) is 8. The van der Waals surface area contributed by atoms with Crippen LogP contribution in [0.3, 0.4) is 0 Å². The molecule has 0 aliphatic carbocycles. The van der Waals surface area contributed by atoms with Crippen LogP contribution in [0.15, 0.2) is 273 Å². The summed E-state index contributed by atoms with van der Waals surface area (Å²) in [7, 11) is 0. The number of hydrogen-bond acceptors (Lipinski definition) is 26. The Labute approximate surface area is 691 Å². The number of aliphatic hydroxyl groups excluding tert-OH is 8. The van der Waals surface area contributed by atoms with Crippen molar-refractivity contribution in [1.29, 1.82) is 0 Å². The molecule has 26 nitrogen and oxygen atoms in total. The molecule has 5 fully saturated rings. The molecule has 5 saturated heterocycles. The minimum atomic E-state index is -2.05. The van der Waals surface area contributed by atoms with Gasteiger partial charge in [-0.3, -0.25) is 0 Å². The van der Waals surface area contributed by atoms with E-state index in [0.717, 1.165) is 33.4 Å². The molecular formula is C93H106O26. The Kier molecular flexibility index (Phi) is 32.8. The third-order valence-corrected chi connectivity index (χ3v) is 21.5. The van der Waals surface area contributed by atoms with Crippen molar-refractivity contribution in [2.24, 2.45) is 0 Å². The van der Waals surface area contributed by atoms with E-state index in [0.29, 0.717) is 16.7 Å². The van der Waals surface area contributed by atoms with Crippen molar-refractivity contribution in [1.82, 2.24) is 0 Å². The summed E-state index contributed by atoms with van der Waals surface area (Å²) in [5.74, 6) is 0. The van der Waals surface area contributed by atoms with E-state index in [1.165, 1.54) is 0 Å². The van der Waals surface area contributed by atoms with E-state index < -0.39 is 167 Å². The topological polar surface area (TPSA) is 328 Å². The summed E-state index contributed by atoms with van der Waals surface area (Å²) in [4.78, 5) is 0. The molecule has 14 rings (SSSR count). The second-order valence-corrected chi connectivity index (χ2v) is 30.1. The minimum Gasteiger partial charge on any atom is -0.394 e. The number of benzene rings is 9.